The van der Waals surface area contributed by atoms with Gasteiger partial charge in [0.05, 0.1) is 4.92 Å². The minimum Gasteiger partial charge on any atom is -0.485 e. The van der Waals surface area contributed by atoms with Gasteiger partial charge in [0, 0.05) is 6.54 Å². The van der Waals surface area contributed by atoms with Crippen LogP contribution in [0.15, 0.2) is 18.2 Å². The van der Waals surface area contributed by atoms with Gasteiger partial charge >= 0.3 is 5.69 Å². The molecular formula is C13H20N4O3. The Morgan fingerprint density at radius 2 is 2.10 bits per heavy atom. The maximum Gasteiger partial charge on any atom is 0.335 e. The Morgan fingerprint density at radius 3 is 2.75 bits per heavy atom. The number of hydrogen-bond acceptors (Lipinski definition) is 6. The number of nitro groups is 1. The molecule has 0 amide bonds. The first-order valence-electron chi connectivity index (χ1n) is 6.81. The van der Waals surface area contributed by atoms with E-state index in [9.17, 15) is 10.1 Å². The van der Waals surface area contributed by atoms with Gasteiger partial charge in [-0.1, -0.05) is 12.5 Å². The Kier molecular flexibility index (Phi) is 5.14. The van der Waals surface area contributed by atoms with Crippen molar-refractivity contribution in [2.45, 2.75) is 19.3 Å². The number of hydrazine groups is 1. The monoisotopic (exact) mass is 280 g/mol. The van der Waals surface area contributed by atoms with Crippen LogP contribution in [0.4, 0.5) is 11.4 Å². The van der Waals surface area contributed by atoms with Crippen molar-refractivity contribution in [2.75, 3.05) is 31.7 Å². The Morgan fingerprint density at radius 1 is 1.35 bits per heavy atom. The third-order valence-electron chi connectivity index (χ3n) is 3.45. The minimum atomic E-state index is -0.481. The van der Waals surface area contributed by atoms with E-state index < -0.39 is 4.92 Å². The zero-order valence-corrected chi connectivity index (χ0v) is 11.4. The van der Waals surface area contributed by atoms with Crippen molar-refractivity contribution in [3.63, 3.8) is 0 Å². The van der Waals surface area contributed by atoms with E-state index >= 15 is 0 Å². The predicted octanol–water partition coefficient (Wildman–Crippen LogP) is 1.75. The van der Waals surface area contributed by atoms with Gasteiger partial charge in [-0.3, -0.25) is 20.9 Å². The normalized spacial score (nSPS) is 15.8. The van der Waals surface area contributed by atoms with Crippen LogP contribution in [0.25, 0.3) is 0 Å². The van der Waals surface area contributed by atoms with Gasteiger partial charge in [-0.2, -0.15) is 0 Å². The lowest BCUT2D eigenvalue weighted by Crippen LogP contribution is -2.33. The summed E-state index contributed by atoms with van der Waals surface area (Å²) in [6.07, 6.45) is 3.71. The summed E-state index contributed by atoms with van der Waals surface area (Å²) in [4.78, 5) is 12.9. The van der Waals surface area contributed by atoms with Crippen LogP contribution in [0, 0.1) is 10.1 Å². The number of nitrogens with zero attached hydrogens (tertiary/aromatic N) is 2. The lowest BCUT2D eigenvalue weighted by molar-refractivity contribution is -0.385. The number of benzene rings is 1. The zero-order chi connectivity index (χ0) is 14.4. The molecule has 0 atom stereocenters. The molecule has 110 valence electrons. The molecule has 7 heteroatoms. The quantitative estimate of drug-likeness (QED) is 0.468. The fraction of sp³-hybridized carbons (Fsp3) is 0.538. The largest absolute Gasteiger partial charge is 0.485 e. The van der Waals surface area contributed by atoms with E-state index in [1.165, 1.54) is 19.3 Å². The fourth-order valence-corrected chi connectivity index (χ4v) is 2.41. The van der Waals surface area contributed by atoms with E-state index in [0.29, 0.717) is 6.61 Å². The smallest absolute Gasteiger partial charge is 0.335 e. The summed E-state index contributed by atoms with van der Waals surface area (Å²) in [6, 6.07) is 4.82. The second kappa shape index (κ2) is 7.06. The van der Waals surface area contributed by atoms with Crippen LogP contribution < -0.4 is 16.0 Å². The molecular weight excluding hydrogens is 260 g/mol. The van der Waals surface area contributed by atoms with E-state index in [1.54, 1.807) is 18.2 Å². The molecule has 1 aliphatic rings. The van der Waals surface area contributed by atoms with Crippen LogP contribution in [-0.2, 0) is 0 Å². The van der Waals surface area contributed by atoms with Crippen LogP contribution in [0.5, 0.6) is 5.75 Å². The Bertz CT molecular complexity index is 461. The molecule has 0 aromatic heterocycles. The Labute approximate surface area is 117 Å². The van der Waals surface area contributed by atoms with Gasteiger partial charge in [0.25, 0.3) is 0 Å². The van der Waals surface area contributed by atoms with E-state index in [0.717, 1.165) is 19.6 Å². The van der Waals surface area contributed by atoms with Gasteiger partial charge in [0.2, 0.25) is 0 Å². The van der Waals surface area contributed by atoms with Crippen LogP contribution in [0.2, 0.25) is 0 Å². The van der Waals surface area contributed by atoms with E-state index in [1.807, 2.05) is 0 Å². The third kappa shape index (κ3) is 3.58. The van der Waals surface area contributed by atoms with Crippen molar-refractivity contribution >= 4 is 11.4 Å². The molecule has 1 aliphatic heterocycles. The summed E-state index contributed by atoms with van der Waals surface area (Å²) < 4.78 is 5.56. The lowest BCUT2D eigenvalue weighted by atomic mass is 10.1. The topological polar surface area (TPSA) is 93.7 Å². The van der Waals surface area contributed by atoms with Gasteiger partial charge in [-0.25, -0.2) is 0 Å². The minimum absolute atomic E-state index is 0.117. The Balaban J connectivity index is 1.96. The first-order valence-corrected chi connectivity index (χ1v) is 6.81. The number of nitrogen functional groups attached to an aromatic ring is 1. The standard InChI is InChI=1S/C13H20N4O3/c14-15-11-5-4-6-12(13(11)17(18)19)20-10-9-16-7-2-1-3-8-16/h4-6,15H,1-3,7-10,14H2. The first-order chi connectivity index (χ1) is 9.72. The number of nitrogens with one attached hydrogen (secondary N) is 1. The van der Waals surface area contributed by atoms with Gasteiger partial charge < -0.3 is 10.2 Å². The van der Waals surface area contributed by atoms with Crippen molar-refractivity contribution in [1.29, 1.82) is 0 Å². The van der Waals surface area contributed by atoms with Crippen molar-refractivity contribution in [3.8, 4) is 5.75 Å². The number of anilines is 1. The predicted molar refractivity (Wildman–Crippen MR) is 76.7 cm³/mol. The van der Waals surface area contributed by atoms with E-state index in [-0.39, 0.29) is 17.1 Å². The summed E-state index contributed by atoms with van der Waals surface area (Å²) in [5.74, 6) is 5.54. The summed E-state index contributed by atoms with van der Waals surface area (Å²) >= 11 is 0. The van der Waals surface area contributed by atoms with Gasteiger partial charge in [-0.05, 0) is 38.1 Å². The maximum absolute atomic E-state index is 11.1. The number of rotatable bonds is 6. The number of hydrogen-bond donors (Lipinski definition) is 2. The molecule has 7 nitrogen and oxygen atoms in total. The SMILES string of the molecule is NNc1cccc(OCCN2CCCCC2)c1[N+](=O)[O-]. The third-order valence-corrected chi connectivity index (χ3v) is 3.45. The molecule has 0 saturated carbocycles. The lowest BCUT2D eigenvalue weighted by Gasteiger charge is -2.26. The van der Waals surface area contributed by atoms with Crippen LogP contribution >= 0.6 is 0 Å². The molecule has 1 saturated heterocycles. The fourth-order valence-electron chi connectivity index (χ4n) is 2.41. The zero-order valence-electron chi connectivity index (χ0n) is 11.4. The molecule has 3 N–H and O–H groups in total. The molecule has 0 aliphatic carbocycles. The molecule has 0 unspecified atom stereocenters. The van der Waals surface area contributed by atoms with Crippen LogP contribution in [-0.4, -0.2) is 36.1 Å². The molecule has 1 fully saturated rings. The second-order valence-electron chi connectivity index (χ2n) is 4.80. The molecule has 2 rings (SSSR count). The number of para-hydroxylation sites is 1. The number of nitrogens with two attached hydrogens (primary N) is 1. The average molecular weight is 280 g/mol. The highest BCUT2D eigenvalue weighted by atomic mass is 16.6. The van der Waals surface area contributed by atoms with Gasteiger partial charge in [0.15, 0.2) is 5.75 Å². The van der Waals surface area contributed by atoms with Gasteiger partial charge in [-0.15, -0.1) is 0 Å². The van der Waals surface area contributed by atoms with Crippen molar-refractivity contribution in [1.82, 2.24) is 4.90 Å². The summed E-state index contributed by atoms with van der Waals surface area (Å²) in [6.45, 7) is 3.39. The van der Waals surface area contributed by atoms with Crippen molar-refractivity contribution in [2.24, 2.45) is 5.84 Å². The van der Waals surface area contributed by atoms with Crippen molar-refractivity contribution < 1.29 is 9.66 Å². The summed E-state index contributed by atoms with van der Waals surface area (Å²) in [5.41, 5.74) is 2.46. The average Bonchev–Trinajstić information content (AvgIpc) is 2.47. The van der Waals surface area contributed by atoms with E-state index in [4.69, 9.17) is 10.6 Å². The maximum atomic E-state index is 11.1. The molecule has 20 heavy (non-hydrogen) atoms. The summed E-state index contributed by atoms with van der Waals surface area (Å²) in [7, 11) is 0. The van der Waals surface area contributed by atoms with E-state index in [2.05, 4.69) is 10.3 Å². The van der Waals surface area contributed by atoms with Crippen molar-refractivity contribution in [3.05, 3.63) is 28.3 Å². The van der Waals surface area contributed by atoms with Crippen LogP contribution in [0.3, 0.4) is 0 Å². The summed E-state index contributed by atoms with van der Waals surface area (Å²) in [5, 5.41) is 11.1. The molecule has 0 radical (unpaired) electrons. The molecule has 1 aromatic carbocycles. The Hall–Kier alpha value is -1.86. The molecule has 1 heterocycles. The highest BCUT2D eigenvalue weighted by Crippen LogP contribution is 2.34. The number of ether oxygens (including phenoxy) is 1. The molecule has 0 bridgehead atoms. The second-order valence-corrected chi connectivity index (χ2v) is 4.80. The molecule has 1 aromatic rings. The highest BCUT2D eigenvalue weighted by molar-refractivity contribution is 5.67. The molecule has 0 spiro atoms. The van der Waals surface area contributed by atoms with Gasteiger partial charge in [0.1, 0.15) is 12.3 Å². The number of likely N-dealkylation sites (tertiary alicyclic amines) is 1. The first kappa shape index (κ1) is 14.5. The number of nitro benzene ring substituents is 1. The number of piperidine rings is 1. The highest BCUT2D eigenvalue weighted by Gasteiger charge is 2.20. The van der Waals surface area contributed by atoms with Crippen LogP contribution in [0.1, 0.15) is 19.3 Å².